The van der Waals surface area contributed by atoms with Gasteiger partial charge in [-0.15, -0.1) is 0 Å². The van der Waals surface area contributed by atoms with Gasteiger partial charge in [0, 0.05) is 43.8 Å². The SMILES string of the molecule is COc1ccc(-c2cc(=O)[nH]c(=S)n2CCC(=O)NCCN)c(OC)c1. The lowest BCUT2D eigenvalue weighted by Gasteiger charge is -2.16. The Balaban J connectivity index is 2.44. The molecule has 0 saturated carbocycles. The minimum absolute atomic E-state index is 0.142. The molecule has 0 unspecified atom stereocenters. The molecule has 9 heteroatoms. The molecular formula is C17H22N4O4S. The van der Waals surface area contributed by atoms with E-state index in [4.69, 9.17) is 27.4 Å². The van der Waals surface area contributed by atoms with E-state index in [-0.39, 0.29) is 22.7 Å². The van der Waals surface area contributed by atoms with E-state index in [0.717, 1.165) is 0 Å². The van der Waals surface area contributed by atoms with E-state index in [1.54, 1.807) is 29.9 Å². The molecule has 0 saturated heterocycles. The molecule has 1 aromatic carbocycles. The Morgan fingerprint density at radius 3 is 2.73 bits per heavy atom. The van der Waals surface area contributed by atoms with Gasteiger partial charge >= 0.3 is 0 Å². The van der Waals surface area contributed by atoms with E-state index in [9.17, 15) is 9.59 Å². The number of hydrogen-bond donors (Lipinski definition) is 3. The molecule has 140 valence electrons. The number of carbonyl (C=O) groups is 1. The number of amides is 1. The molecule has 0 fully saturated rings. The molecule has 4 N–H and O–H groups in total. The van der Waals surface area contributed by atoms with Crippen molar-refractivity contribution in [1.29, 1.82) is 0 Å². The van der Waals surface area contributed by atoms with Crippen LogP contribution < -0.4 is 26.1 Å². The van der Waals surface area contributed by atoms with Crippen LogP contribution in [0.3, 0.4) is 0 Å². The Morgan fingerprint density at radius 2 is 2.08 bits per heavy atom. The second kappa shape index (κ2) is 9.16. The van der Waals surface area contributed by atoms with Crippen molar-refractivity contribution in [3.63, 3.8) is 0 Å². The van der Waals surface area contributed by atoms with Crippen molar-refractivity contribution in [1.82, 2.24) is 14.9 Å². The molecule has 0 aliphatic heterocycles. The summed E-state index contributed by atoms with van der Waals surface area (Å²) in [5, 5.41) is 2.71. The zero-order valence-corrected chi connectivity index (χ0v) is 15.5. The number of benzene rings is 1. The smallest absolute Gasteiger partial charge is 0.252 e. The average Bonchev–Trinajstić information content (AvgIpc) is 2.64. The highest BCUT2D eigenvalue weighted by Gasteiger charge is 2.14. The first-order valence-corrected chi connectivity index (χ1v) is 8.44. The normalized spacial score (nSPS) is 10.4. The van der Waals surface area contributed by atoms with E-state index < -0.39 is 0 Å². The summed E-state index contributed by atoms with van der Waals surface area (Å²) in [6.45, 7) is 1.09. The van der Waals surface area contributed by atoms with Crippen molar-refractivity contribution in [2.24, 2.45) is 5.73 Å². The van der Waals surface area contributed by atoms with Gasteiger partial charge in [-0.25, -0.2) is 0 Å². The fourth-order valence-electron chi connectivity index (χ4n) is 2.49. The number of carbonyl (C=O) groups excluding carboxylic acids is 1. The number of rotatable bonds is 8. The van der Waals surface area contributed by atoms with Gasteiger partial charge in [0.1, 0.15) is 11.5 Å². The van der Waals surface area contributed by atoms with Crippen molar-refractivity contribution < 1.29 is 14.3 Å². The second-order valence-electron chi connectivity index (χ2n) is 5.43. The van der Waals surface area contributed by atoms with Crippen LogP contribution in [-0.2, 0) is 11.3 Å². The van der Waals surface area contributed by atoms with Crippen LogP contribution in [0.25, 0.3) is 11.3 Å². The number of ether oxygens (including phenoxy) is 2. The van der Waals surface area contributed by atoms with Crippen molar-refractivity contribution in [3.05, 3.63) is 39.4 Å². The monoisotopic (exact) mass is 378 g/mol. The topological polar surface area (TPSA) is 111 Å². The molecule has 2 rings (SSSR count). The summed E-state index contributed by atoms with van der Waals surface area (Å²) in [4.78, 5) is 26.4. The summed E-state index contributed by atoms with van der Waals surface area (Å²) in [7, 11) is 3.09. The minimum Gasteiger partial charge on any atom is -0.497 e. The summed E-state index contributed by atoms with van der Waals surface area (Å²) < 4.78 is 12.6. The Kier molecular flexibility index (Phi) is 6.93. The average molecular weight is 378 g/mol. The first kappa shape index (κ1) is 19.7. The number of hydrogen-bond acceptors (Lipinski definition) is 6. The lowest BCUT2D eigenvalue weighted by molar-refractivity contribution is -0.121. The highest BCUT2D eigenvalue weighted by Crippen LogP contribution is 2.32. The quantitative estimate of drug-likeness (QED) is 0.592. The number of nitrogens with one attached hydrogen (secondary N) is 2. The van der Waals surface area contributed by atoms with Crippen LogP contribution in [0.15, 0.2) is 29.1 Å². The predicted molar refractivity (Wildman–Crippen MR) is 101 cm³/mol. The van der Waals surface area contributed by atoms with Gasteiger partial charge in [0.15, 0.2) is 4.77 Å². The highest BCUT2D eigenvalue weighted by atomic mass is 32.1. The van der Waals surface area contributed by atoms with E-state index in [0.29, 0.717) is 42.4 Å². The lowest BCUT2D eigenvalue weighted by atomic mass is 10.1. The number of methoxy groups -OCH3 is 2. The van der Waals surface area contributed by atoms with Gasteiger partial charge in [0.05, 0.1) is 19.9 Å². The standard InChI is InChI=1S/C17H22N4O4S/c1-24-11-3-4-12(14(9-11)25-2)13-10-16(23)20-17(26)21(13)8-5-15(22)19-7-6-18/h3-4,9-10H,5-8,18H2,1-2H3,(H,19,22)(H,20,23,26). The molecule has 0 bridgehead atoms. The summed E-state index contributed by atoms with van der Waals surface area (Å²) in [6.07, 6.45) is 0.200. The van der Waals surface area contributed by atoms with E-state index in [1.807, 2.05) is 0 Å². The second-order valence-corrected chi connectivity index (χ2v) is 5.82. The largest absolute Gasteiger partial charge is 0.497 e. The zero-order chi connectivity index (χ0) is 19.1. The Labute approximate surface area is 155 Å². The third-order valence-electron chi connectivity index (χ3n) is 3.75. The maximum Gasteiger partial charge on any atom is 0.252 e. The number of nitrogens with two attached hydrogens (primary N) is 1. The van der Waals surface area contributed by atoms with E-state index in [1.165, 1.54) is 13.2 Å². The number of H-pyrrole nitrogens is 1. The van der Waals surface area contributed by atoms with Crippen molar-refractivity contribution in [2.45, 2.75) is 13.0 Å². The molecule has 0 radical (unpaired) electrons. The number of aromatic nitrogens is 2. The highest BCUT2D eigenvalue weighted by molar-refractivity contribution is 7.71. The molecule has 1 aromatic heterocycles. The van der Waals surface area contributed by atoms with Crippen LogP contribution in [-0.4, -0.2) is 42.8 Å². The van der Waals surface area contributed by atoms with Crippen LogP contribution in [0.4, 0.5) is 0 Å². The summed E-state index contributed by atoms with van der Waals surface area (Å²) >= 11 is 5.28. The summed E-state index contributed by atoms with van der Waals surface area (Å²) in [5.74, 6) is 1.02. The van der Waals surface area contributed by atoms with Gasteiger partial charge in [0.2, 0.25) is 5.91 Å². The molecular weight excluding hydrogens is 356 g/mol. The molecule has 26 heavy (non-hydrogen) atoms. The van der Waals surface area contributed by atoms with E-state index >= 15 is 0 Å². The van der Waals surface area contributed by atoms with Gasteiger partial charge < -0.3 is 25.1 Å². The van der Waals surface area contributed by atoms with Crippen LogP contribution in [0.2, 0.25) is 0 Å². The molecule has 0 aliphatic rings. The van der Waals surface area contributed by atoms with Crippen LogP contribution in [0.1, 0.15) is 6.42 Å². The van der Waals surface area contributed by atoms with Crippen LogP contribution >= 0.6 is 12.2 Å². The lowest BCUT2D eigenvalue weighted by Crippen LogP contribution is -2.30. The van der Waals surface area contributed by atoms with Crippen molar-refractivity contribution in [2.75, 3.05) is 27.3 Å². The van der Waals surface area contributed by atoms with Gasteiger partial charge in [-0.3, -0.25) is 14.6 Å². The molecule has 0 atom stereocenters. The number of aromatic amines is 1. The Morgan fingerprint density at radius 1 is 1.31 bits per heavy atom. The first-order valence-electron chi connectivity index (χ1n) is 8.03. The molecule has 8 nitrogen and oxygen atoms in total. The molecule has 0 aliphatic carbocycles. The zero-order valence-electron chi connectivity index (χ0n) is 14.7. The molecule has 1 heterocycles. The predicted octanol–water partition coefficient (Wildman–Crippen LogP) is 1.06. The van der Waals surface area contributed by atoms with Gasteiger partial charge in [-0.05, 0) is 24.4 Å². The molecule has 2 aromatic rings. The maximum atomic E-state index is 11.9. The third-order valence-corrected chi connectivity index (χ3v) is 4.07. The summed E-state index contributed by atoms with van der Waals surface area (Å²) in [5.41, 5.74) is 6.29. The Bertz CT molecular complexity index is 891. The third kappa shape index (κ3) is 4.70. The van der Waals surface area contributed by atoms with Crippen molar-refractivity contribution in [3.8, 4) is 22.8 Å². The van der Waals surface area contributed by atoms with Crippen molar-refractivity contribution >= 4 is 18.1 Å². The first-order chi connectivity index (χ1) is 12.5. The fourth-order valence-corrected chi connectivity index (χ4v) is 2.78. The van der Waals surface area contributed by atoms with Gasteiger partial charge in [-0.2, -0.15) is 0 Å². The van der Waals surface area contributed by atoms with Crippen LogP contribution in [0, 0.1) is 4.77 Å². The van der Waals surface area contributed by atoms with Crippen LogP contribution in [0.5, 0.6) is 11.5 Å². The molecule has 1 amide bonds. The fraction of sp³-hybridized carbons (Fsp3) is 0.353. The van der Waals surface area contributed by atoms with Gasteiger partial charge in [0.25, 0.3) is 5.56 Å². The Hall–Kier alpha value is -2.65. The molecule has 0 spiro atoms. The minimum atomic E-state index is -0.327. The maximum absolute atomic E-state index is 11.9. The van der Waals surface area contributed by atoms with E-state index in [2.05, 4.69) is 10.3 Å². The summed E-state index contributed by atoms with van der Waals surface area (Å²) in [6, 6.07) is 6.70. The number of nitrogens with zero attached hydrogens (tertiary/aromatic N) is 1. The van der Waals surface area contributed by atoms with Gasteiger partial charge in [-0.1, -0.05) is 0 Å².